The molecule has 12 heavy (non-hydrogen) atoms. The van der Waals surface area contributed by atoms with Gasteiger partial charge in [-0.05, 0) is 18.0 Å². The summed E-state index contributed by atoms with van der Waals surface area (Å²) in [6.07, 6.45) is 0.758. The molecular formula is C8H13ClO3. The lowest BCUT2D eigenvalue weighted by Gasteiger charge is -2.05. The lowest BCUT2D eigenvalue weighted by Crippen LogP contribution is -2.12. The minimum absolute atomic E-state index is 0.114. The van der Waals surface area contributed by atoms with Gasteiger partial charge in [0.05, 0.1) is 12.5 Å². The van der Waals surface area contributed by atoms with Crippen molar-refractivity contribution in [3.63, 3.8) is 0 Å². The Morgan fingerprint density at radius 3 is 2.42 bits per heavy atom. The molecule has 0 N–H and O–H groups in total. The molecule has 0 aromatic carbocycles. The van der Waals surface area contributed by atoms with E-state index >= 15 is 0 Å². The summed E-state index contributed by atoms with van der Waals surface area (Å²) < 4.78 is 4.80. The Bertz CT molecular complexity index is 166. The molecule has 0 aromatic rings. The van der Waals surface area contributed by atoms with Crippen molar-refractivity contribution in [2.24, 2.45) is 5.92 Å². The predicted octanol–water partition coefficient (Wildman–Crippen LogP) is 1.73. The minimum Gasteiger partial charge on any atom is -0.465 e. The van der Waals surface area contributed by atoms with Crippen LogP contribution in [0.1, 0.15) is 26.7 Å². The van der Waals surface area contributed by atoms with Gasteiger partial charge in [0.2, 0.25) is 5.24 Å². The van der Waals surface area contributed by atoms with Gasteiger partial charge in [-0.25, -0.2) is 0 Å². The molecule has 0 saturated heterocycles. The Hall–Kier alpha value is -0.570. The van der Waals surface area contributed by atoms with E-state index in [9.17, 15) is 9.59 Å². The van der Waals surface area contributed by atoms with Crippen molar-refractivity contribution in [2.75, 3.05) is 6.61 Å². The molecule has 3 nitrogen and oxygen atoms in total. The zero-order valence-electron chi connectivity index (χ0n) is 7.30. The van der Waals surface area contributed by atoms with Gasteiger partial charge in [-0.15, -0.1) is 0 Å². The van der Waals surface area contributed by atoms with Gasteiger partial charge < -0.3 is 4.74 Å². The van der Waals surface area contributed by atoms with Crippen molar-refractivity contribution in [2.45, 2.75) is 26.7 Å². The SMILES string of the molecule is CC(C)C(=O)OCCCC(=O)Cl. The largest absolute Gasteiger partial charge is 0.465 e. The number of esters is 1. The van der Waals surface area contributed by atoms with Crippen LogP contribution < -0.4 is 0 Å². The Labute approximate surface area is 77.0 Å². The second kappa shape index (κ2) is 6.00. The highest BCUT2D eigenvalue weighted by Gasteiger charge is 2.07. The molecule has 0 radical (unpaired) electrons. The van der Waals surface area contributed by atoms with Crippen molar-refractivity contribution < 1.29 is 14.3 Å². The first kappa shape index (κ1) is 11.4. The quantitative estimate of drug-likeness (QED) is 0.379. The molecule has 0 aliphatic rings. The van der Waals surface area contributed by atoms with Crippen LogP contribution in [0, 0.1) is 5.92 Å². The van der Waals surface area contributed by atoms with Crippen LogP contribution in [0.15, 0.2) is 0 Å². The third-order valence-electron chi connectivity index (χ3n) is 1.23. The summed E-state index contributed by atoms with van der Waals surface area (Å²) in [7, 11) is 0. The van der Waals surface area contributed by atoms with E-state index in [0.717, 1.165) is 0 Å². The number of carbonyl (C=O) groups excluding carboxylic acids is 2. The fourth-order valence-corrected chi connectivity index (χ4v) is 0.684. The number of carbonyl (C=O) groups is 2. The highest BCUT2D eigenvalue weighted by Crippen LogP contribution is 1.99. The average Bonchev–Trinajstić information content (AvgIpc) is 1.97. The summed E-state index contributed by atoms with van der Waals surface area (Å²) in [5.41, 5.74) is 0. The summed E-state index contributed by atoms with van der Waals surface area (Å²) >= 11 is 5.08. The molecule has 0 atom stereocenters. The fourth-order valence-electron chi connectivity index (χ4n) is 0.551. The lowest BCUT2D eigenvalue weighted by atomic mass is 10.2. The van der Waals surface area contributed by atoms with E-state index < -0.39 is 5.24 Å². The van der Waals surface area contributed by atoms with Gasteiger partial charge in [0.15, 0.2) is 0 Å². The summed E-state index contributed by atoms with van der Waals surface area (Å²) in [6.45, 7) is 3.79. The standard InChI is InChI=1S/C8H13ClO3/c1-6(2)8(11)12-5-3-4-7(9)10/h6H,3-5H2,1-2H3. The van der Waals surface area contributed by atoms with Crippen molar-refractivity contribution >= 4 is 22.8 Å². The molecule has 4 heteroatoms. The maximum absolute atomic E-state index is 10.8. The maximum atomic E-state index is 10.8. The van der Waals surface area contributed by atoms with Crippen LogP contribution in [-0.4, -0.2) is 17.8 Å². The van der Waals surface area contributed by atoms with Crippen molar-refractivity contribution in [1.29, 1.82) is 0 Å². The Morgan fingerprint density at radius 2 is 2.00 bits per heavy atom. The summed E-state index contributed by atoms with van der Waals surface area (Å²) in [5.74, 6) is -0.353. The fraction of sp³-hybridized carbons (Fsp3) is 0.750. The average molecular weight is 193 g/mol. The molecule has 0 aromatic heterocycles. The van der Waals surface area contributed by atoms with Gasteiger partial charge in [0.1, 0.15) is 0 Å². The molecule has 0 aliphatic heterocycles. The van der Waals surface area contributed by atoms with E-state index in [1.807, 2.05) is 0 Å². The first-order valence-electron chi connectivity index (χ1n) is 3.89. The van der Waals surface area contributed by atoms with Gasteiger partial charge in [0.25, 0.3) is 0 Å². The molecule has 0 saturated carbocycles. The monoisotopic (exact) mass is 192 g/mol. The number of halogens is 1. The number of hydrogen-bond donors (Lipinski definition) is 0. The third kappa shape index (κ3) is 6.16. The molecule has 70 valence electrons. The first-order chi connectivity index (χ1) is 5.54. The first-order valence-corrected chi connectivity index (χ1v) is 4.26. The van der Waals surface area contributed by atoms with Crippen molar-refractivity contribution in [1.82, 2.24) is 0 Å². The molecule has 0 rings (SSSR count). The van der Waals surface area contributed by atoms with Crippen LogP contribution in [0.3, 0.4) is 0 Å². The van der Waals surface area contributed by atoms with E-state index in [2.05, 4.69) is 0 Å². The Balaban J connectivity index is 3.32. The van der Waals surface area contributed by atoms with Crippen LogP contribution in [0.4, 0.5) is 0 Å². The molecule has 0 bridgehead atoms. The predicted molar refractivity (Wildman–Crippen MR) is 45.9 cm³/mol. The highest BCUT2D eigenvalue weighted by molar-refractivity contribution is 6.63. The van der Waals surface area contributed by atoms with Crippen LogP contribution in [0.2, 0.25) is 0 Å². The number of ether oxygens (including phenoxy) is 1. The van der Waals surface area contributed by atoms with Gasteiger partial charge in [0, 0.05) is 6.42 Å². The Morgan fingerprint density at radius 1 is 1.42 bits per heavy atom. The van der Waals surface area contributed by atoms with Crippen molar-refractivity contribution in [3.05, 3.63) is 0 Å². The van der Waals surface area contributed by atoms with Gasteiger partial charge in [-0.1, -0.05) is 13.8 Å². The normalized spacial score (nSPS) is 10.0. The third-order valence-corrected chi connectivity index (χ3v) is 1.42. The summed E-state index contributed by atoms with van der Waals surface area (Å²) in [4.78, 5) is 21.1. The zero-order chi connectivity index (χ0) is 9.56. The highest BCUT2D eigenvalue weighted by atomic mass is 35.5. The van der Waals surface area contributed by atoms with E-state index in [1.54, 1.807) is 13.8 Å². The van der Waals surface area contributed by atoms with Crippen LogP contribution >= 0.6 is 11.6 Å². The second-order valence-electron chi connectivity index (χ2n) is 2.78. The molecule has 0 heterocycles. The molecular weight excluding hydrogens is 180 g/mol. The van der Waals surface area contributed by atoms with Crippen LogP contribution in [-0.2, 0) is 14.3 Å². The molecule has 0 unspecified atom stereocenters. The van der Waals surface area contributed by atoms with Crippen LogP contribution in [0.25, 0.3) is 0 Å². The molecule has 0 fully saturated rings. The summed E-state index contributed by atoms with van der Waals surface area (Å²) in [6, 6.07) is 0. The van der Waals surface area contributed by atoms with Gasteiger partial charge in [-0.2, -0.15) is 0 Å². The van der Waals surface area contributed by atoms with Gasteiger partial charge >= 0.3 is 5.97 Å². The topological polar surface area (TPSA) is 43.4 Å². The lowest BCUT2D eigenvalue weighted by molar-refractivity contribution is -0.147. The van der Waals surface area contributed by atoms with Crippen LogP contribution in [0.5, 0.6) is 0 Å². The van der Waals surface area contributed by atoms with E-state index in [4.69, 9.17) is 16.3 Å². The molecule has 0 spiro atoms. The summed E-state index contributed by atoms with van der Waals surface area (Å²) in [5, 5.41) is -0.393. The van der Waals surface area contributed by atoms with Crippen molar-refractivity contribution in [3.8, 4) is 0 Å². The molecule has 0 aliphatic carbocycles. The number of hydrogen-bond acceptors (Lipinski definition) is 3. The minimum atomic E-state index is -0.393. The van der Waals surface area contributed by atoms with E-state index in [-0.39, 0.29) is 24.9 Å². The van der Waals surface area contributed by atoms with E-state index in [1.165, 1.54) is 0 Å². The smallest absolute Gasteiger partial charge is 0.308 e. The Kier molecular flexibility index (Phi) is 5.72. The maximum Gasteiger partial charge on any atom is 0.308 e. The second-order valence-corrected chi connectivity index (χ2v) is 3.20. The van der Waals surface area contributed by atoms with Gasteiger partial charge in [-0.3, -0.25) is 9.59 Å². The number of rotatable bonds is 5. The zero-order valence-corrected chi connectivity index (χ0v) is 8.06. The molecule has 0 amide bonds. The van der Waals surface area contributed by atoms with E-state index in [0.29, 0.717) is 6.42 Å².